The topological polar surface area (TPSA) is 182 Å². The molecule has 4 N–H and O–H groups in total. The molecule has 4 saturated heterocycles. The number of fused-ring (bicyclic) bond motifs is 14. The maximum Gasteiger partial charge on any atom is 0.602 e. The molecule has 8 aliphatic heterocycles. The van der Waals surface area contributed by atoms with Crippen molar-refractivity contribution >= 4 is 58.9 Å². The fraction of sp³-hybridized carbons (Fsp3) is 0.433. The molecule has 8 heterocycles. The summed E-state index contributed by atoms with van der Waals surface area (Å²) in [5.74, 6) is 3.52. The van der Waals surface area contributed by atoms with Gasteiger partial charge in [-0.2, -0.15) is 4.89 Å². The molecule has 137 heavy (non-hydrogen) atoms. The molecule has 0 amide bonds. The normalized spacial score (nSPS) is 16.8. The highest BCUT2D eigenvalue weighted by molar-refractivity contribution is 7.72. The second-order valence-corrected chi connectivity index (χ2v) is 41.2. The predicted molar refractivity (Wildman–Crippen MR) is 565 cm³/mol. The molecule has 0 aromatic heterocycles. The third kappa shape index (κ3) is 21.9. The molecule has 0 atom stereocenters. The Hall–Kier alpha value is -9.70. The van der Waals surface area contributed by atoms with Gasteiger partial charge in [-0.1, -0.05) is 229 Å². The van der Waals surface area contributed by atoms with E-state index >= 15 is 4.57 Å². The van der Waals surface area contributed by atoms with Crippen molar-refractivity contribution in [2.24, 2.45) is 0 Å². The van der Waals surface area contributed by atoms with Gasteiger partial charge in [0.05, 0.1) is 51.2 Å². The smallest absolute Gasteiger partial charge is 0.498 e. The molecule has 0 aliphatic carbocycles. The quantitative estimate of drug-likeness (QED) is 0.0313. The van der Waals surface area contributed by atoms with Crippen LogP contribution in [-0.4, -0.2) is 79.5 Å². The van der Waals surface area contributed by atoms with Gasteiger partial charge in [0.25, 0.3) is 0 Å². The molecule has 0 radical (unpaired) electrons. The van der Waals surface area contributed by atoms with Crippen molar-refractivity contribution in [1.29, 1.82) is 0 Å². The van der Waals surface area contributed by atoms with Gasteiger partial charge in [0.15, 0.2) is 11.6 Å². The van der Waals surface area contributed by atoms with Crippen LogP contribution in [0.5, 0.6) is 23.0 Å². The number of rotatable bonds is 25. The van der Waals surface area contributed by atoms with E-state index in [9.17, 15) is 4.89 Å². The molecule has 17 heteroatoms. The zero-order valence-corrected chi connectivity index (χ0v) is 85.2. The standard InChI is InChI=1S/C88H90NO6P2.2C9H16O2.2C7H12O2/c1-13-53-41-57(17-5)77(58(18-6)42-53)73-49-65-33-25-29-37-69(65)81-82-70-38-30-26-34-66(70)50-74(78-59(19-7)43-54(14-2)44-60(78)20-8)86(82)93-96(90,92-85(73)81)89-97(91)94-87-75(79-61(21-9)45-55(15-3)46-62(79)22-10)51-67-35-27-31-39-71(67)83(87)84-72-40-32-28-36-68(72)52-76(88(84)95-97)80-63(23-11)47-56(16-4)48-64(80)24-12;1-3-7-10-9(5-1)6-2-4-8-11-9;10-7-3-1-5-9-6-2-4-8-11-9;1-3-7(8-5-1)4-2-6-9-7;8-5-1-3-7-4-2-6-9-7/h25-52,90H,13-24H2,1-12H3,(H,89,91);1-8H2;6,10H,1-5,7-8H2;1-6H2;4,8H,1-3,5-6H2/q+1;;;;. The molecule has 0 unspecified atom stereocenters. The number of unbranched alkanes of at least 4 members (excludes halogenated alkanes) is 1. The number of hydrogen-bond donors (Lipinski definition) is 4. The van der Waals surface area contributed by atoms with Crippen LogP contribution in [0.25, 0.3) is 110 Å². The van der Waals surface area contributed by atoms with Crippen molar-refractivity contribution in [3.8, 4) is 89.8 Å². The molecule has 12 aromatic rings. The minimum atomic E-state index is -5.13. The average Bonchev–Trinajstić information content (AvgIpc) is 1.61. The highest BCUT2D eigenvalue weighted by atomic mass is 31.3. The molecular formula is C120H146NO14P2+. The van der Waals surface area contributed by atoms with E-state index in [1.165, 1.54) is 60.8 Å². The fourth-order valence-electron chi connectivity index (χ4n) is 21.7. The largest absolute Gasteiger partial charge is 0.602 e. The number of aliphatic hydroxyl groups is 2. The van der Waals surface area contributed by atoms with Gasteiger partial charge in [0.1, 0.15) is 11.5 Å². The second-order valence-electron chi connectivity index (χ2n) is 37.6. The number of nitrogens with one attached hydrogen (secondary N) is 1. The van der Waals surface area contributed by atoms with Gasteiger partial charge in [0.2, 0.25) is 11.5 Å². The summed E-state index contributed by atoms with van der Waals surface area (Å²) in [7, 11) is -10.1. The number of hydrogen-bond acceptors (Lipinski definition) is 14. The van der Waals surface area contributed by atoms with E-state index in [1.54, 1.807) is 0 Å². The van der Waals surface area contributed by atoms with Crippen LogP contribution in [0.2, 0.25) is 0 Å². The Labute approximate surface area is 815 Å². The van der Waals surface area contributed by atoms with Crippen LogP contribution >= 0.6 is 15.8 Å². The lowest BCUT2D eigenvalue weighted by molar-refractivity contribution is -0.272. The number of aryl methyl sites for hydroxylation is 12. The first-order chi connectivity index (χ1) is 66.9. The number of benzene rings is 12. The van der Waals surface area contributed by atoms with Gasteiger partial charge in [-0.15, -0.1) is 0 Å². The van der Waals surface area contributed by atoms with Gasteiger partial charge >= 0.3 is 15.8 Å². The molecule has 2 spiro atoms. The summed E-state index contributed by atoms with van der Waals surface area (Å²) in [6, 6.07) is 61.5. The molecule has 4 fully saturated rings. The average molecular weight is 1890 g/mol. The van der Waals surface area contributed by atoms with Crippen molar-refractivity contribution in [1.82, 2.24) is 4.86 Å². The van der Waals surface area contributed by atoms with Gasteiger partial charge < -0.3 is 47.7 Å². The fourth-order valence-corrected chi connectivity index (χ4v) is 25.4. The minimum Gasteiger partial charge on any atom is -0.498 e. The van der Waals surface area contributed by atoms with E-state index in [1.807, 2.05) is 0 Å². The zero-order valence-electron chi connectivity index (χ0n) is 83.4. The molecule has 724 valence electrons. The highest BCUT2D eigenvalue weighted by Crippen LogP contribution is 2.72. The van der Waals surface area contributed by atoms with Gasteiger partial charge in [-0.3, -0.25) is 9.05 Å². The Morgan fingerprint density at radius 1 is 0.321 bits per heavy atom. The van der Waals surface area contributed by atoms with Crippen molar-refractivity contribution in [3.63, 3.8) is 0 Å². The summed E-state index contributed by atoms with van der Waals surface area (Å²) in [4.78, 5) is 18.4. The van der Waals surface area contributed by atoms with Crippen LogP contribution in [0.1, 0.15) is 265 Å². The van der Waals surface area contributed by atoms with E-state index in [4.69, 9.17) is 56.7 Å². The lowest BCUT2D eigenvalue weighted by Crippen LogP contribution is -2.41. The Morgan fingerprint density at radius 2 is 0.620 bits per heavy atom. The van der Waals surface area contributed by atoms with Crippen LogP contribution in [0.15, 0.2) is 194 Å². The van der Waals surface area contributed by atoms with Crippen molar-refractivity contribution < 1.29 is 66.2 Å². The third-order valence-electron chi connectivity index (χ3n) is 28.8. The number of allylic oxidation sites excluding steroid dienone is 3. The SMILES string of the molecule is C1CCC2(CCCCO2)OC1.C1COC2(C1)CCCO2.CCc1cc(CC)c(-c2cc3ccccc3c3c2OP(=O)(N[P+]2(O)Oc4c(-c5c(CC)cc(CC)cc5CC)cc5ccccc5c4-c4c(c(-c5c(CC)cc(CC)cc5CC)cc5ccccc45)O2)Oc2c(-c4c(CC)cc(CC)cc4CC)cc4ccccc4c2-3)c(CC)c1.OCCCC1=CCCO1.OCCCCC1=CCCCO1. The number of aliphatic hydroxyl groups excluding tert-OH is 2. The maximum absolute atomic E-state index is 18.3. The van der Waals surface area contributed by atoms with Crippen LogP contribution < -0.4 is 23.0 Å². The Balaban J connectivity index is 0.000000275. The first-order valence-corrected chi connectivity index (χ1v) is 55.1. The highest BCUT2D eigenvalue weighted by Gasteiger charge is 2.60. The third-order valence-corrected chi connectivity index (χ3v) is 32.5. The molecule has 12 aromatic carbocycles. The molecule has 0 bridgehead atoms. The predicted octanol–water partition coefficient (Wildman–Crippen LogP) is 31.0. The molecular weight excluding hydrogens is 1740 g/mol. The number of ether oxygens (including phenoxy) is 6. The van der Waals surface area contributed by atoms with Crippen LogP contribution in [0.3, 0.4) is 0 Å². The lowest BCUT2D eigenvalue weighted by Gasteiger charge is -2.39. The summed E-state index contributed by atoms with van der Waals surface area (Å²) in [5.41, 5.74) is 24.7. The summed E-state index contributed by atoms with van der Waals surface area (Å²) < 4.78 is 82.3. The van der Waals surface area contributed by atoms with E-state index in [2.05, 4.69) is 270 Å². The van der Waals surface area contributed by atoms with Gasteiger partial charge in [-0.25, -0.2) is 4.57 Å². The van der Waals surface area contributed by atoms with Crippen LogP contribution in [0, 0.1) is 0 Å². The van der Waals surface area contributed by atoms with Crippen LogP contribution in [-0.2, 0) is 110 Å². The first kappa shape index (κ1) is 100. The van der Waals surface area contributed by atoms with E-state index in [-0.39, 0.29) is 18.2 Å². The Kier molecular flexibility index (Phi) is 33.8. The second kappa shape index (κ2) is 46.1. The molecule has 0 saturated carbocycles. The Bertz CT molecular complexity index is 5930. The van der Waals surface area contributed by atoms with Crippen LogP contribution in [0.4, 0.5) is 0 Å². The first-order valence-electron chi connectivity index (χ1n) is 51.9. The lowest BCUT2D eigenvalue weighted by atomic mass is 9.82. The summed E-state index contributed by atoms with van der Waals surface area (Å²) in [5, 5.41) is 24.6. The molecule has 15 nitrogen and oxygen atoms in total. The van der Waals surface area contributed by atoms with E-state index < -0.39 is 15.8 Å². The summed E-state index contributed by atoms with van der Waals surface area (Å²) in [6.07, 6.45) is 33.5. The van der Waals surface area contributed by atoms with Gasteiger partial charge in [0, 0.05) is 108 Å². The van der Waals surface area contributed by atoms with E-state index in [0.29, 0.717) is 29.6 Å². The van der Waals surface area contributed by atoms with Crippen molar-refractivity contribution in [2.75, 3.05) is 52.9 Å². The Morgan fingerprint density at radius 3 is 0.905 bits per heavy atom. The van der Waals surface area contributed by atoms with Gasteiger partial charge in [-0.05, 0) is 316 Å². The molecule has 20 rings (SSSR count). The summed E-state index contributed by atoms with van der Waals surface area (Å²) >= 11 is 0. The maximum atomic E-state index is 18.3. The van der Waals surface area contributed by atoms with Crippen molar-refractivity contribution in [2.45, 2.75) is 287 Å². The molecule has 8 aliphatic rings. The van der Waals surface area contributed by atoms with Crippen molar-refractivity contribution in [3.05, 3.63) is 260 Å². The zero-order chi connectivity index (χ0) is 95.8. The summed E-state index contributed by atoms with van der Waals surface area (Å²) in [6.45, 7) is 32.5. The van der Waals surface area contributed by atoms with E-state index in [0.717, 1.165) is 360 Å². The monoisotopic (exact) mass is 1890 g/mol. The minimum absolute atomic E-state index is 0.111.